The predicted octanol–water partition coefficient (Wildman–Crippen LogP) is 20.3. The highest BCUT2D eigenvalue weighted by molar-refractivity contribution is 5.93. The van der Waals surface area contributed by atoms with Crippen molar-refractivity contribution in [1.29, 1.82) is 0 Å². The van der Waals surface area contributed by atoms with Gasteiger partial charge in [-0.2, -0.15) is 0 Å². The minimum absolute atomic E-state index is 0.0204. The summed E-state index contributed by atoms with van der Waals surface area (Å²) in [6, 6.07) is 70.5. The Morgan fingerprint density at radius 3 is 1.01 bits per heavy atom. The first kappa shape index (κ1) is 95.5. The molecule has 0 radical (unpaired) electrons. The number of carbonyl (C=O) groups excluding carboxylic acids is 8. The quantitative estimate of drug-likeness (QED) is 0.0208. The molecule has 0 aromatic heterocycles. The molecule has 0 saturated heterocycles. The number of ether oxygens (including phenoxy) is 8. The van der Waals surface area contributed by atoms with E-state index in [0.29, 0.717) is 89.5 Å². The summed E-state index contributed by atoms with van der Waals surface area (Å²) >= 11 is 0. The van der Waals surface area contributed by atoms with Crippen molar-refractivity contribution in [3.05, 3.63) is 350 Å². The summed E-state index contributed by atoms with van der Waals surface area (Å²) in [6.07, 6.45) is 7.00. The minimum atomic E-state index is -0.814. The third-order valence-corrected chi connectivity index (χ3v) is 18.1. The summed E-state index contributed by atoms with van der Waals surface area (Å²) in [7, 11) is 0. The molecule has 0 fully saturated rings. The van der Waals surface area contributed by atoms with E-state index in [4.69, 9.17) is 37.9 Å². The Bertz CT molecular complexity index is 4180. The Hall–Kier alpha value is -11.9. The van der Waals surface area contributed by atoms with Gasteiger partial charge >= 0.3 is 47.8 Å². The molecule has 115 heavy (non-hydrogen) atoms. The van der Waals surface area contributed by atoms with Crippen LogP contribution in [0.1, 0.15) is 203 Å². The maximum atomic E-state index is 12.4. The zero-order valence-corrected chi connectivity index (χ0v) is 68.0. The first-order chi connectivity index (χ1) is 55.0. The molecule has 0 saturated carbocycles. The van der Waals surface area contributed by atoms with Crippen molar-refractivity contribution in [2.45, 2.75) is 181 Å². The second-order valence-electron chi connectivity index (χ2n) is 28.2. The van der Waals surface area contributed by atoms with Crippen LogP contribution in [0.15, 0.2) is 305 Å². The fourth-order valence-corrected chi connectivity index (χ4v) is 11.7. The Morgan fingerprint density at radius 1 is 0.391 bits per heavy atom. The summed E-state index contributed by atoms with van der Waals surface area (Å²) in [5, 5.41) is 18.7. The van der Waals surface area contributed by atoms with E-state index in [1.165, 1.54) is 0 Å². The normalized spacial score (nSPS) is 14.1. The Morgan fingerprint density at radius 2 is 0.696 bits per heavy atom. The molecule has 13 atom stereocenters. The molecule has 2 N–H and O–H groups in total. The van der Waals surface area contributed by atoms with E-state index in [-0.39, 0.29) is 23.7 Å². The molecule has 0 heterocycles. The number of aliphatic hydroxyl groups is 2. The van der Waals surface area contributed by atoms with E-state index >= 15 is 0 Å². The summed E-state index contributed by atoms with van der Waals surface area (Å²) in [4.78, 5) is 98.1. The highest BCUT2D eigenvalue weighted by Crippen LogP contribution is 2.28. The van der Waals surface area contributed by atoms with Gasteiger partial charge in [-0.15, -0.1) is 32.9 Å². The fraction of sp³-hybridized carbons (Fsp3) is 0.320. The molecule has 0 amide bonds. The zero-order chi connectivity index (χ0) is 84.7. The molecule has 0 bridgehead atoms. The molecule has 610 valence electrons. The van der Waals surface area contributed by atoms with Crippen LogP contribution in [-0.2, 0) is 37.9 Å². The first-order valence-electron chi connectivity index (χ1n) is 38.6. The largest absolute Gasteiger partial charge is 0.459 e. The van der Waals surface area contributed by atoms with Gasteiger partial charge in [-0.25, -0.2) is 38.4 Å². The van der Waals surface area contributed by atoms with Crippen molar-refractivity contribution in [3.8, 4) is 0 Å². The van der Waals surface area contributed by atoms with Crippen molar-refractivity contribution in [1.82, 2.24) is 0 Å². The summed E-state index contributed by atoms with van der Waals surface area (Å²) < 4.78 is 44.6. The molecule has 8 rings (SSSR count). The highest BCUT2D eigenvalue weighted by Gasteiger charge is 2.33. The lowest BCUT2D eigenvalue weighted by Crippen LogP contribution is -2.36. The third-order valence-electron chi connectivity index (χ3n) is 18.1. The van der Waals surface area contributed by atoms with Gasteiger partial charge in [0.05, 0.1) is 56.7 Å². The maximum Gasteiger partial charge on any atom is 0.338 e. The van der Waals surface area contributed by atoms with Crippen LogP contribution in [0.25, 0.3) is 0 Å². The van der Waals surface area contributed by atoms with Gasteiger partial charge in [-0.05, 0) is 158 Å². The standard InChI is InChI=1S/4C22H24O4.C9H18O2/c1-16(2)14-20(26-22(24)19-12-8-5-9-13-19)15-17(3)25-21(23)18-10-6-4-7-11-18;1-4-16(2)20(26-22(24)19-13-9-6-10-14-19)15-17(3)25-21(23)18-11-7-5-8-12-18;1-4-15-22(3,26-21(24)19-13-9-6-10-14-19)16-17(2)25-20(23)18-11-7-5-8-12-18;1-4-11-20(26-22(24)19-14-9-6-10-15-19)16(2)17(3)25-21(23)18-12-7-5-8-13-18;1-4-6-9(11)8(5-2)7(3)10/h4-13,17,20H,1,14-15H2,2-3H3;4-14,16-17,20H,1,15H2,2-3H3;4-14,17H,1,15-16H2,2-3H3;4-10,12-17,20H,1,11H2,2-3H3;4,7-11H,1,5-6H2,2-3H3. The molecule has 0 aliphatic rings. The van der Waals surface area contributed by atoms with Gasteiger partial charge in [0, 0.05) is 56.3 Å². The van der Waals surface area contributed by atoms with Crippen molar-refractivity contribution in [3.63, 3.8) is 0 Å². The lowest BCUT2D eigenvalue weighted by Gasteiger charge is -2.31. The van der Waals surface area contributed by atoms with Gasteiger partial charge in [-0.1, -0.05) is 196 Å². The number of rotatable bonds is 37. The van der Waals surface area contributed by atoms with Crippen LogP contribution in [0.5, 0.6) is 0 Å². The molecule has 18 heteroatoms. The van der Waals surface area contributed by atoms with Crippen LogP contribution in [-0.4, -0.2) is 119 Å². The molecule has 0 aliphatic carbocycles. The van der Waals surface area contributed by atoms with E-state index in [1.54, 1.807) is 253 Å². The maximum absolute atomic E-state index is 12.4. The molecule has 8 aromatic carbocycles. The number of benzene rings is 8. The van der Waals surface area contributed by atoms with Gasteiger partial charge < -0.3 is 48.1 Å². The lowest BCUT2D eigenvalue weighted by atomic mass is 9.92. The summed E-state index contributed by atoms with van der Waals surface area (Å²) in [6.45, 7) is 37.0. The average molecular weight is 1570 g/mol. The summed E-state index contributed by atoms with van der Waals surface area (Å²) in [5.41, 5.74) is 4.02. The zero-order valence-electron chi connectivity index (χ0n) is 68.0. The molecular formula is C97H114O18. The lowest BCUT2D eigenvalue weighted by molar-refractivity contribution is -0.0358. The van der Waals surface area contributed by atoms with E-state index in [0.717, 1.165) is 12.0 Å². The average Bonchev–Trinajstić information content (AvgIpc) is 0.466. The van der Waals surface area contributed by atoms with Gasteiger partial charge in [0.25, 0.3) is 0 Å². The molecule has 0 spiro atoms. The summed E-state index contributed by atoms with van der Waals surface area (Å²) in [5.74, 6) is -3.43. The van der Waals surface area contributed by atoms with Crippen molar-refractivity contribution in [2.75, 3.05) is 0 Å². The molecule has 18 nitrogen and oxygen atoms in total. The van der Waals surface area contributed by atoms with E-state index in [2.05, 4.69) is 32.9 Å². The molecular weight excluding hydrogens is 1450 g/mol. The van der Waals surface area contributed by atoms with Gasteiger partial charge in [0.2, 0.25) is 0 Å². The van der Waals surface area contributed by atoms with Crippen molar-refractivity contribution < 1.29 is 86.5 Å². The van der Waals surface area contributed by atoms with Gasteiger partial charge in [0.1, 0.15) is 48.3 Å². The molecule has 13 unspecified atom stereocenters. The number of aliphatic hydroxyl groups excluding tert-OH is 2. The van der Waals surface area contributed by atoms with Gasteiger partial charge in [0.15, 0.2) is 0 Å². The third kappa shape index (κ3) is 36.2. The predicted molar refractivity (Wildman–Crippen MR) is 450 cm³/mol. The van der Waals surface area contributed by atoms with Crippen LogP contribution < -0.4 is 0 Å². The van der Waals surface area contributed by atoms with E-state index in [9.17, 15) is 48.6 Å². The number of hydrogen-bond donors (Lipinski definition) is 2. The van der Waals surface area contributed by atoms with Crippen LogP contribution in [0.4, 0.5) is 0 Å². The number of carbonyl (C=O) groups is 8. The molecule has 0 aliphatic heterocycles. The Kier molecular flexibility index (Phi) is 43.6. The molecule has 8 aromatic rings. The second kappa shape index (κ2) is 52.4. The van der Waals surface area contributed by atoms with Gasteiger partial charge in [-0.3, -0.25) is 0 Å². The number of hydrogen-bond acceptors (Lipinski definition) is 18. The van der Waals surface area contributed by atoms with Crippen molar-refractivity contribution in [2.24, 2.45) is 17.8 Å². The fourth-order valence-electron chi connectivity index (χ4n) is 11.7. The Labute approximate surface area is 679 Å². The smallest absolute Gasteiger partial charge is 0.338 e. The van der Waals surface area contributed by atoms with E-state index < -0.39 is 102 Å². The highest BCUT2D eigenvalue weighted by atomic mass is 16.6. The van der Waals surface area contributed by atoms with Crippen LogP contribution in [0, 0.1) is 17.8 Å². The number of esters is 8. The SMILES string of the molecule is C=C(C)CC(CC(C)OC(=O)c1ccccc1)OC(=O)c1ccccc1.C=CC(C)C(CC(C)OC(=O)c1ccccc1)OC(=O)c1ccccc1.C=CCC(C)(CC(C)OC(=O)c1ccccc1)OC(=O)c1ccccc1.C=CCC(O)C(CC)C(C)O.C=CCC(OC(=O)c1ccccc1)C(C)C(C)OC(=O)c1ccccc1. The van der Waals surface area contributed by atoms with E-state index in [1.807, 2.05) is 83.1 Å². The van der Waals surface area contributed by atoms with Crippen molar-refractivity contribution >= 4 is 47.8 Å². The second-order valence-corrected chi connectivity index (χ2v) is 28.2. The minimum Gasteiger partial charge on any atom is -0.459 e. The van der Waals surface area contributed by atoms with Crippen LogP contribution in [0.2, 0.25) is 0 Å². The first-order valence-corrected chi connectivity index (χ1v) is 38.6. The topological polar surface area (TPSA) is 251 Å². The van der Waals surface area contributed by atoms with Crippen LogP contribution in [0.3, 0.4) is 0 Å². The van der Waals surface area contributed by atoms with Crippen LogP contribution >= 0.6 is 0 Å². The monoisotopic (exact) mass is 1570 g/mol. The Balaban J connectivity index is 0.000000309.